The van der Waals surface area contributed by atoms with Gasteiger partial charge in [0.25, 0.3) is 0 Å². The van der Waals surface area contributed by atoms with E-state index >= 15 is 0 Å². The summed E-state index contributed by atoms with van der Waals surface area (Å²) < 4.78 is 16.4. The molecule has 15 nitrogen and oxygen atoms in total. The van der Waals surface area contributed by atoms with Gasteiger partial charge in [0, 0.05) is 92.9 Å². The van der Waals surface area contributed by atoms with Gasteiger partial charge in [0.1, 0.15) is 34.2 Å². The fraction of sp³-hybridized carbons (Fsp3) is 0. The Morgan fingerprint density at radius 2 is 0.513 bits per heavy atom. The van der Waals surface area contributed by atoms with Crippen LogP contribution in [0.25, 0.3) is 304 Å². The number of aromatic nitrogens is 15. The van der Waals surface area contributed by atoms with Crippen LogP contribution in [0.2, 0.25) is 0 Å². The maximum Gasteiger partial charge on any atom is 0.409 e. The molecule has 0 aliphatic rings. The molecule has 0 bridgehead atoms. The van der Waals surface area contributed by atoms with E-state index in [9.17, 15) is 0 Å². The molecule has 0 aliphatic carbocycles. The summed E-state index contributed by atoms with van der Waals surface area (Å²) in [7, 11) is 0. The van der Waals surface area contributed by atoms with Gasteiger partial charge in [-0.25, -0.2) is 39.5 Å². The molecule has 0 amide bonds. The molecule has 15 heteroatoms. The average molecular weight is 1910 g/mol. The van der Waals surface area contributed by atoms with Crippen molar-refractivity contribution in [3.05, 3.63) is 485 Å². The lowest BCUT2D eigenvalue weighted by atomic mass is 10.0. The van der Waals surface area contributed by atoms with E-state index in [0.717, 1.165) is 217 Å². The summed E-state index contributed by atoms with van der Waals surface area (Å²) in [5.41, 5.74) is 31.2. The van der Waals surface area contributed by atoms with Crippen LogP contribution in [0.1, 0.15) is 0 Å². The summed E-state index contributed by atoms with van der Waals surface area (Å²) in [6, 6.07) is 170. The lowest BCUT2D eigenvalue weighted by Crippen LogP contribution is -2.37. The van der Waals surface area contributed by atoms with Crippen molar-refractivity contribution in [1.29, 1.82) is 0 Å². The lowest BCUT2D eigenvalue weighted by molar-refractivity contribution is -0.591. The highest BCUT2D eigenvalue weighted by atomic mass is 15.2. The molecule has 22 aromatic carbocycles. The minimum atomic E-state index is 0.649. The van der Waals surface area contributed by atoms with Crippen molar-refractivity contribution in [1.82, 2.24) is 66.8 Å². The fourth-order valence-electron chi connectivity index (χ4n) is 24.2. The van der Waals surface area contributed by atoms with Gasteiger partial charge in [0.15, 0.2) is 5.52 Å². The van der Waals surface area contributed by atoms with E-state index in [0.29, 0.717) is 5.95 Å². The highest BCUT2D eigenvalue weighted by Gasteiger charge is 2.34. The highest BCUT2D eigenvalue weighted by Crippen LogP contribution is 2.50. The van der Waals surface area contributed by atoms with Crippen molar-refractivity contribution in [2.75, 3.05) is 0 Å². The number of hydrogen-bond donors (Lipinski definition) is 0. The maximum absolute atomic E-state index is 5.50. The minimum absolute atomic E-state index is 0.649. The molecule has 0 saturated carbocycles. The van der Waals surface area contributed by atoms with Crippen LogP contribution < -0.4 is 4.57 Å². The molecule has 150 heavy (non-hydrogen) atoms. The summed E-state index contributed by atoms with van der Waals surface area (Å²) in [6.07, 6.45) is 2.23. The molecule has 0 atom stereocenters. The van der Waals surface area contributed by atoms with Crippen molar-refractivity contribution in [2.24, 2.45) is 0 Å². The second-order valence-electron chi connectivity index (χ2n) is 39.0. The molecule has 12 aromatic heterocycles. The molecule has 0 fully saturated rings. The standard InChI is InChI=1S/C49H29N5.C43H26N5.C43H25N5/c1-4-13-30(14-5-1)46-47(31-15-6-2-7-16-31)51-40-29-34-27-35(24-23-33(34)28-39(40)50-46)53-42-22-12-20-37-36-19-10-11-21-41(36)54-48-38(25-26-43(53)45(48)44(37)42)52-49(54)32-17-8-3-9-18-32;1-3-12-27(13-4-1)42-44-34-22-23-38-40-39-33(32-18-9-10-20-36(32)48(42)41(34)40)19-11-21-37(39)47(38)43-45-35-25-29-15-8-7-14-28(29)24-30(35)26-46(43)31-16-5-2-6-17-31;1-3-12-26(13-4-1)40-32-24-28-16-7-8-17-29(28)25-34(32)45-43(46-40)47-36-21-11-19-31-30-18-9-10-20-35(30)48-41-33(22-23-37(47)39(41)38(31)36)44-42(48)27-14-5-2-6-15-27/h1-29H;1-26H;1-25H/q;+1;. The number of nitrogens with zero attached hydrogens (tertiary/aromatic N) is 15. The van der Waals surface area contributed by atoms with Gasteiger partial charge in [-0.2, -0.15) is 4.57 Å². The number of benzene rings is 22. The van der Waals surface area contributed by atoms with Gasteiger partial charge in [-0.05, 0) is 182 Å². The van der Waals surface area contributed by atoms with E-state index in [2.05, 4.69) is 499 Å². The Kier molecular flexibility index (Phi) is 18.0. The zero-order valence-electron chi connectivity index (χ0n) is 80.4. The third-order valence-corrected chi connectivity index (χ3v) is 30.7. The monoisotopic (exact) mass is 1910 g/mol. The predicted octanol–water partition coefficient (Wildman–Crippen LogP) is 32.7. The van der Waals surface area contributed by atoms with Crippen LogP contribution in [0, 0.1) is 0 Å². The summed E-state index contributed by atoms with van der Waals surface area (Å²) in [6.45, 7) is 0. The van der Waals surface area contributed by atoms with E-state index < -0.39 is 0 Å². The van der Waals surface area contributed by atoms with Crippen molar-refractivity contribution >= 4 is 213 Å². The van der Waals surface area contributed by atoms with Crippen LogP contribution in [0.3, 0.4) is 0 Å². The van der Waals surface area contributed by atoms with E-state index in [-0.39, 0.29) is 0 Å². The summed E-state index contributed by atoms with van der Waals surface area (Å²) in [5.74, 6) is 4.30. The van der Waals surface area contributed by atoms with Gasteiger partial charge in [0.2, 0.25) is 5.95 Å². The molecule has 34 aromatic rings. The number of imidazole rings is 3. The predicted molar refractivity (Wildman–Crippen MR) is 615 cm³/mol. The Bertz CT molecular complexity index is 11600. The quantitative estimate of drug-likeness (QED) is 0.0976. The van der Waals surface area contributed by atoms with Crippen LogP contribution >= 0.6 is 0 Å². The molecular formula is C135H80N15+. The lowest BCUT2D eigenvalue weighted by Gasteiger charge is -2.13. The Labute approximate surface area is 854 Å². The Morgan fingerprint density at radius 3 is 0.980 bits per heavy atom. The van der Waals surface area contributed by atoms with Gasteiger partial charge in [-0.15, -0.1) is 0 Å². The zero-order valence-corrected chi connectivity index (χ0v) is 80.4. The molecule has 0 saturated heterocycles. The van der Waals surface area contributed by atoms with Gasteiger partial charge in [0.05, 0.1) is 117 Å². The Hall–Kier alpha value is -20.6. The van der Waals surface area contributed by atoms with Crippen LogP contribution in [0.4, 0.5) is 0 Å². The van der Waals surface area contributed by atoms with Crippen LogP contribution in [-0.2, 0) is 0 Å². The van der Waals surface area contributed by atoms with Gasteiger partial charge in [-0.3, -0.25) is 17.8 Å². The zero-order chi connectivity index (χ0) is 98.0. The van der Waals surface area contributed by atoms with Gasteiger partial charge < -0.3 is 4.57 Å². The smallest absolute Gasteiger partial charge is 0.309 e. The fourth-order valence-corrected chi connectivity index (χ4v) is 24.2. The van der Waals surface area contributed by atoms with Crippen molar-refractivity contribution < 1.29 is 4.57 Å². The number of fused-ring (bicyclic) bond motifs is 15. The van der Waals surface area contributed by atoms with E-state index in [1.165, 1.54) is 80.9 Å². The summed E-state index contributed by atoms with van der Waals surface area (Å²) in [4.78, 5) is 42.6. The minimum Gasteiger partial charge on any atom is -0.309 e. The van der Waals surface area contributed by atoms with Gasteiger partial charge >= 0.3 is 5.95 Å². The molecule has 12 heterocycles. The first-order valence-electron chi connectivity index (χ1n) is 50.8. The van der Waals surface area contributed by atoms with E-state index in [4.69, 9.17) is 39.9 Å². The van der Waals surface area contributed by atoms with Gasteiger partial charge in [-0.1, -0.05) is 351 Å². The number of para-hydroxylation sites is 4. The first-order chi connectivity index (χ1) is 74.4. The second-order valence-corrected chi connectivity index (χ2v) is 39.0. The van der Waals surface area contributed by atoms with Crippen molar-refractivity contribution in [3.8, 4) is 91.2 Å². The summed E-state index contributed by atoms with van der Waals surface area (Å²) in [5, 5.41) is 23.4. The Balaban J connectivity index is 0.0000000995. The molecule has 34 rings (SSSR count). The number of hydrogen-bond acceptors (Lipinski definition) is 8. The molecule has 0 radical (unpaired) electrons. The number of rotatable bonds is 10. The van der Waals surface area contributed by atoms with Crippen molar-refractivity contribution in [3.63, 3.8) is 0 Å². The van der Waals surface area contributed by atoms with Crippen LogP contribution in [0.5, 0.6) is 0 Å². The molecule has 0 spiro atoms. The van der Waals surface area contributed by atoms with E-state index in [1.54, 1.807) is 0 Å². The maximum atomic E-state index is 5.50. The largest absolute Gasteiger partial charge is 0.409 e. The van der Waals surface area contributed by atoms with Crippen molar-refractivity contribution in [2.45, 2.75) is 0 Å². The molecule has 0 N–H and O–H groups in total. The molecule has 694 valence electrons. The summed E-state index contributed by atoms with van der Waals surface area (Å²) >= 11 is 0. The highest BCUT2D eigenvalue weighted by molar-refractivity contribution is 6.34. The molecule has 0 unspecified atom stereocenters. The topological polar surface area (TPSA) is 135 Å². The second kappa shape index (κ2) is 32.5. The van der Waals surface area contributed by atoms with Crippen LogP contribution in [-0.4, -0.2) is 66.8 Å². The Morgan fingerprint density at radius 1 is 0.173 bits per heavy atom. The normalized spacial score (nSPS) is 12.1. The first-order valence-corrected chi connectivity index (χ1v) is 50.8. The average Bonchev–Trinajstić information content (AvgIpc) is 1.52. The van der Waals surface area contributed by atoms with E-state index in [1.807, 2.05) is 18.2 Å². The third-order valence-electron chi connectivity index (χ3n) is 30.7. The molecular weight excluding hydrogens is 1830 g/mol. The van der Waals surface area contributed by atoms with Crippen LogP contribution in [0.15, 0.2) is 485 Å². The third kappa shape index (κ3) is 12.5. The first kappa shape index (κ1) is 83.0. The molecule has 0 aliphatic heterocycles. The SMILES string of the molecule is c1ccc(-c2nc(-n3c4cccc5c6ccccc6n6c(-c7ccccc7)nc7ccc3c(c54)c76)nc3cc4ccccc4cc23)cc1.c1ccc(-c2nc3cc4ccc(-n5c6cccc7c8ccccc8n8c(-c9ccccc9)nc9ccc5c(c76)c98)cc4cc3nc2-c2ccccc2)cc1.c1ccc(-c2nc3ccc4c5c6c(cccc6n4-c4nc6cc7ccccc7cc6c[n+]4-c4ccccc4)c4ccccc4n2c35)cc1.